The van der Waals surface area contributed by atoms with Gasteiger partial charge in [-0.05, 0) is 31.6 Å². The van der Waals surface area contributed by atoms with E-state index in [-0.39, 0.29) is 36.4 Å². The molecule has 0 fully saturated rings. The van der Waals surface area contributed by atoms with E-state index >= 15 is 0 Å². The van der Waals surface area contributed by atoms with Gasteiger partial charge in [-0.3, -0.25) is 19.7 Å². The van der Waals surface area contributed by atoms with Crippen molar-refractivity contribution in [2.24, 2.45) is 23.5 Å². The predicted molar refractivity (Wildman–Crippen MR) is 131 cm³/mol. The Hall–Kier alpha value is -2.74. The second-order valence-corrected chi connectivity index (χ2v) is 9.90. The number of amides is 2. The van der Waals surface area contributed by atoms with Crippen LogP contribution in [0.4, 0.5) is 5.69 Å². The maximum atomic E-state index is 13.5. The van der Waals surface area contributed by atoms with Crippen LogP contribution in [0.1, 0.15) is 70.3 Å². The van der Waals surface area contributed by atoms with Crippen LogP contribution in [0.15, 0.2) is 24.3 Å². The van der Waals surface area contributed by atoms with E-state index in [4.69, 9.17) is 5.73 Å². The fraction of sp³-hybridized carbons (Fsp3) is 0.615. The smallest absolute Gasteiger partial charge is 0.308 e. The summed E-state index contributed by atoms with van der Waals surface area (Å²) in [6, 6.07) is 8.10. The molecule has 2 amide bonds. The summed E-state index contributed by atoms with van der Waals surface area (Å²) in [5.74, 6) is -2.58. The summed E-state index contributed by atoms with van der Waals surface area (Å²) >= 11 is 0. The fourth-order valence-corrected chi connectivity index (χ4v) is 5.09. The molecule has 2 bridgehead atoms. The lowest BCUT2D eigenvalue weighted by atomic mass is 9.84. The van der Waals surface area contributed by atoms with Crippen LogP contribution >= 0.6 is 0 Å². The number of carbonyl (C=O) groups is 3. The molecule has 0 spiro atoms. The van der Waals surface area contributed by atoms with Crippen molar-refractivity contribution in [3.8, 4) is 0 Å². The predicted octanol–water partition coefficient (Wildman–Crippen LogP) is 2.73. The van der Waals surface area contributed by atoms with Crippen LogP contribution in [0.25, 0.3) is 0 Å². The average molecular weight is 472 g/mol. The first-order valence-corrected chi connectivity index (χ1v) is 12.5. The highest BCUT2D eigenvalue weighted by Gasteiger charge is 2.39. The molecule has 5 N–H and O–H groups in total. The molecule has 186 valence electrons. The van der Waals surface area contributed by atoms with E-state index in [9.17, 15) is 19.5 Å². The van der Waals surface area contributed by atoms with E-state index in [1.807, 2.05) is 32.0 Å². The molecule has 0 aromatic heterocycles. The van der Waals surface area contributed by atoms with Gasteiger partial charge in [-0.2, -0.15) is 4.58 Å². The molecule has 2 aliphatic rings. The summed E-state index contributed by atoms with van der Waals surface area (Å²) in [7, 11) is 0. The minimum atomic E-state index is -1.03. The SMILES string of the molecule is CC(C)C[C@@H](C(=O)NC1CCCCCNC(=O)CCC2C=[N+]1c1ccccc12)C(CN)C(=O)O. The van der Waals surface area contributed by atoms with Gasteiger partial charge in [0, 0.05) is 37.6 Å². The number of carboxylic acid groups (broad SMARTS) is 1. The van der Waals surface area contributed by atoms with Crippen molar-refractivity contribution in [3.05, 3.63) is 29.8 Å². The van der Waals surface area contributed by atoms with Crippen LogP contribution in [0.3, 0.4) is 0 Å². The Bertz CT molecular complexity index is 914. The van der Waals surface area contributed by atoms with Crippen LogP contribution in [0.2, 0.25) is 0 Å². The highest BCUT2D eigenvalue weighted by atomic mass is 16.4. The molecule has 1 aromatic carbocycles. The molecule has 8 heteroatoms. The molecule has 0 saturated heterocycles. The molecule has 0 saturated carbocycles. The highest BCUT2D eigenvalue weighted by Crippen LogP contribution is 2.36. The van der Waals surface area contributed by atoms with E-state index in [2.05, 4.69) is 27.5 Å². The Labute approximate surface area is 202 Å². The van der Waals surface area contributed by atoms with E-state index in [1.54, 1.807) is 0 Å². The first-order valence-electron chi connectivity index (χ1n) is 12.5. The molecule has 3 rings (SSSR count). The van der Waals surface area contributed by atoms with Crippen molar-refractivity contribution in [2.75, 3.05) is 13.1 Å². The third kappa shape index (κ3) is 6.44. The zero-order chi connectivity index (χ0) is 24.7. The number of benzene rings is 1. The molecule has 0 aliphatic carbocycles. The monoisotopic (exact) mass is 471 g/mol. The van der Waals surface area contributed by atoms with E-state index in [1.165, 1.54) is 0 Å². The van der Waals surface area contributed by atoms with Crippen molar-refractivity contribution in [2.45, 2.75) is 70.9 Å². The topological polar surface area (TPSA) is 125 Å². The summed E-state index contributed by atoms with van der Waals surface area (Å²) in [5, 5.41) is 15.9. The number of para-hydroxylation sites is 1. The summed E-state index contributed by atoms with van der Waals surface area (Å²) < 4.78 is 2.12. The molecule has 34 heavy (non-hydrogen) atoms. The van der Waals surface area contributed by atoms with Crippen molar-refractivity contribution < 1.29 is 24.1 Å². The van der Waals surface area contributed by atoms with Crippen molar-refractivity contribution >= 4 is 29.7 Å². The highest BCUT2D eigenvalue weighted by molar-refractivity contribution is 5.85. The minimum Gasteiger partial charge on any atom is -0.481 e. The third-order valence-electron chi connectivity index (χ3n) is 6.88. The zero-order valence-electron chi connectivity index (χ0n) is 20.3. The van der Waals surface area contributed by atoms with Crippen LogP contribution in [-0.2, 0) is 14.4 Å². The van der Waals surface area contributed by atoms with Gasteiger partial charge in [-0.1, -0.05) is 38.5 Å². The van der Waals surface area contributed by atoms with Gasteiger partial charge < -0.3 is 16.2 Å². The summed E-state index contributed by atoms with van der Waals surface area (Å²) in [6.07, 6.45) is 6.88. The Balaban J connectivity index is 1.91. The Morgan fingerprint density at radius 1 is 1.18 bits per heavy atom. The number of hydrogen-bond acceptors (Lipinski definition) is 4. The second kappa shape index (κ2) is 12.1. The number of fused-ring (bicyclic) bond motifs is 4. The maximum Gasteiger partial charge on any atom is 0.308 e. The van der Waals surface area contributed by atoms with Crippen LogP contribution in [0, 0.1) is 17.8 Å². The molecule has 1 aromatic rings. The van der Waals surface area contributed by atoms with E-state index in [0.29, 0.717) is 25.8 Å². The summed E-state index contributed by atoms with van der Waals surface area (Å²) in [6.45, 7) is 4.56. The summed E-state index contributed by atoms with van der Waals surface area (Å²) in [5.41, 5.74) is 7.96. The lowest BCUT2D eigenvalue weighted by molar-refractivity contribution is -0.485. The Kier molecular flexibility index (Phi) is 9.21. The number of hydrogen-bond donors (Lipinski definition) is 4. The molecular weight excluding hydrogens is 432 g/mol. The quantitative estimate of drug-likeness (QED) is 0.455. The lowest BCUT2D eigenvalue weighted by Gasteiger charge is -2.25. The maximum absolute atomic E-state index is 13.5. The van der Waals surface area contributed by atoms with Gasteiger partial charge in [0.1, 0.15) is 0 Å². The molecule has 8 nitrogen and oxygen atoms in total. The molecule has 3 unspecified atom stereocenters. The largest absolute Gasteiger partial charge is 0.481 e. The number of nitrogens with two attached hydrogens (primary N) is 1. The van der Waals surface area contributed by atoms with Gasteiger partial charge in [-0.15, -0.1) is 0 Å². The van der Waals surface area contributed by atoms with Gasteiger partial charge in [0.15, 0.2) is 6.21 Å². The fourth-order valence-electron chi connectivity index (χ4n) is 5.09. The normalized spacial score (nSPS) is 22.8. The second-order valence-electron chi connectivity index (χ2n) is 9.90. The van der Waals surface area contributed by atoms with Crippen molar-refractivity contribution in [3.63, 3.8) is 0 Å². The van der Waals surface area contributed by atoms with Crippen LogP contribution < -0.4 is 16.4 Å². The molecular formula is C26H39N4O4+. The summed E-state index contributed by atoms with van der Waals surface area (Å²) in [4.78, 5) is 37.6. The Morgan fingerprint density at radius 2 is 1.94 bits per heavy atom. The van der Waals surface area contributed by atoms with Gasteiger partial charge in [0.25, 0.3) is 0 Å². The zero-order valence-corrected chi connectivity index (χ0v) is 20.3. The van der Waals surface area contributed by atoms with Crippen LogP contribution in [0.5, 0.6) is 0 Å². The minimum absolute atomic E-state index is 0.0754. The number of nitrogens with one attached hydrogen (secondary N) is 2. The van der Waals surface area contributed by atoms with Gasteiger partial charge in [-0.25, -0.2) is 0 Å². The molecule has 4 atom stereocenters. The van der Waals surface area contributed by atoms with Crippen LogP contribution in [-0.4, -0.2) is 52.9 Å². The number of nitrogens with zero attached hydrogens (tertiary/aromatic N) is 1. The van der Waals surface area contributed by atoms with Gasteiger partial charge >= 0.3 is 5.97 Å². The first kappa shape index (κ1) is 25.9. The molecule has 2 heterocycles. The molecule has 0 radical (unpaired) electrons. The number of aliphatic carboxylic acids is 1. The van der Waals surface area contributed by atoms with Crippen molar-refractivity contribution in [1.29, 1.82) is 0 Å². The third-order valence-corrected chi connectivity index (χ3v) is 6.88. The van der Waals surface area contributed by atoms with E-state index < -0.39 is 17.8 Å². The molecule has 2 aliphatic heterocycles. The average Bonchev–Trinajstić information content (AvgIpc) is 3.17. The number of carbonyl (C=O) groups excluding carboxylic acids is 2. The van der Waals surface area contributed by atoms with Crippen molar-refractivity contribution in [1.82, 2.24) is 10.6 Å². The standard InChI is InChI=1S/C26H38N4O4/c1-17(2)14-20(21(15-27)26(33)34)25(32)29-23-10-4-3-7-13-28-24(31)12-11-18-16-30(23)22-9-6-5-8-19(18)22/h5-6,8-9,16-18,20-21,23H,3-4,7,10-15,27H2,1-2H3,(H2-,28,29,31,32,33,34)/p+1/t18?,20-,21?,23?/m1/s1. The first-order chi connectivity index (χ1) is 16.3. The van der Waals surface area contributed by atoms with Gasteiger partial charge in [0.05, 0.1) is 17.8 Å². The Morgan fingerprint density at radius 3 is 2.65 bits per heavy atom. The van der Waals surface area contributed by atoms with Gasteiger partial charge in [0.2, 0.25) is 23.7 Å². The lowest BCUT2D eigenvalue weighted by Crippen LogP contribution is -2.48. The van der Waals surface area contributed by atoms with E-state index in [0.717, 1.165) is 36.9 Å². The number of carboxylic acids is 1. The number of rotatable bonds is 7.